The number of fused-ring (bicyclic) bond motifs is 1. The minimum atomic E-state index is -0.222. The normalized spacial score (nSPS) is 24.4. The Bertz CT molecular complexity index is 418. The third kappa shape index (κ3) is 2.21. The SMILES string of the molecule is Cc1cc2c(n1CCN1CCCC1)CCCC2O. The molecule has 1 aliphatic heterocycles. The molecule has 0 bridgehead atoms. The van der Waals surface area contributed by atoms with E-state index in [0.29, 0.717) is 0 Å². The van der Waals surface area contributed by atoms with Gasteiger partial charge in [-0.25, -0.2) is 0 Å². The average Bonchev–Trinajstić information content (AvgIpc) is 2.95. The van der Waals surface area contributed by atoms with Crippen molar-refractivity contribution in [1.29, 1.82) is 0 Å². The molecule has 1 fully saturated rings. The second-order valence-corrected chi connectivity index (χ2v) is 5.80. The fourth-order valence-electron chi connectivity index (χ4n) is 3.50. The molecule has 3 nitrogen and oxygen atoms in total. The van der Waals surface area contributed by atoms with Gasteiger partial charge in [-0.05, 0) is 58.2 Å². The summed E-state index contributed by atoms with van der Waals surface area (Å²) in [5.74, 6) is 0. The van der Waals surface area contributed by atoms with Gasteiger partial charge in [-0.15, -0.1) is 0 Å². The number of likely N-dealkylation sites (tertiary alicyclic amines) is 1. The number of aliphatic hydroxyl groups excluding tert-OH is 1. The van der Waals surface area contributed by atoms with Gasteiger partial charge in [0, 0.05) is 30.0 Å². The van der Waals surface area contributed by atoms with Crippen LogP contribution in [0.3, 0.4) is 0 Å². The van der Waals surface area contributed by atoms with Gasteiger partial charge in [0.25, 0.3) is 0 Å². The third-order valence-electron chi connectivity index (χ3n) is 4.54. The Hall–Kier alpha value is -0.800. The van der Waals surface area contributed by atoms with Crippen molar-refractivity contribution < 1.29 is 5.11 Å². The summed E-state index contributed by atoms with van der Waals surface area (Å²) < 4.78 is 2.44. The summed E-state index contributed by atoms with van der Waals surface area (Å²) in [7, 11) is 0. The van der Waals surface area contributed by atoms with E-state index in [2.05, 4.69) is 22.5 Å². The van der Waals surface area contributed by atoms with Crippen molar-refractivity contribution in [2.45, 2.75) is 51.7 Å². The quantitative estimate of drug-likeness (QED) is 0.889. The third-order valence-corrected chi connectivity index (χ3v) is 4.54. The Morgan fingerprint density at radius 2 is 2.00 bits per heavy atom. The van der Waals surface area contributed by atoms with E-state index in [9.17, 15) is 5.11 Å². The van der Waals surface area contributed by atoms with E-state index in [1.54, 1.807) is 0 Å². The van der Waals surface area contributed by atoms with Crippen LogP contribution in [-0.4, -0.2) is 34.2 Å². The van der Waals surface area contributed by atoms with Gasteiger partial charge in [-0.2, -0.15) is 0 Å². The van der Waals surface area contributed by atoms with Crippen molar-refractivity contribution in [1.82, 2.24) is 9.47 Å². The molecule has 0 saturated carbocycles. The fourth-order valence-corrected chi connectivity index (χ4v) is 3.50. The summed E-state index contributed by atoms with van der Waals surface area (Å²) in [5.41, 5.74) is 3.91. The van der Waals surface area contributed by atoms with E-state index in [4.69, 9.17) is 0 Å². The lowest BCUT2D eigenvalue weighted by atomic mass is 9.95. The molecule has 3 rings (SSSR count). The van der Waals surface area contributed by atoms with Crippen LogP contribution in [0, 0.1) is 6.92 Å². The van der Waals surface area contributed by atoms with Gasteiger partial charge in [-0.3, -0.25) is 0 Å². The number of nitrogens with zero attached hydrogens (tertiary/aromatic N) is 2. The predicted molar refractivity (Wildman–Crippen MR) is 72.7 cm³/mol. The standard InChI is InChI=1S/C15H24N2O/c1-12-11-13-14(5-4-6-15(13)18)17(12)10-9-16-7-2-3-8-16/h11,15,18H,2-10H2,1H3. The Morgan fingerprint density at radius 3 is 2.78 bits per heavy atom. The molecular formula is C15H24N2O. The van der Waals surface area contributed by atoms with Gasteiger partial charge >= 0.3 is 0 Å². The number of aliphatic hydroxyl groups is 1. The zero-order valence-electron chi connectivity index (χ0n) is 11.4. The molecule has 0 amide bonds. The van der Waals surface area contributed by atoms with Crippen molar-refractivity contribution in [3.05, 3.63) is 23.0 Å². The first-order chi connectivity index (χ1) is 8.75. The van der Waals surface area contributed by atoms with Gasteiger partial charge in [-0.1, -0.05) is 0 Å². The van der Waals surface area contributed by atoms with Crippen LogP contribution in [0.2, 0.25) is 0 Å². The highest BCUT2D eigenvalue weighted by atomic mass is 16.3. The lowest BCUT2D eigenvalue weighted by molar-refractivity contribution is 0.155. The average molecular weight is 248 g/mol. The van der Waals surface area contributed by atoms with Gasteiger partial charge < -0.3 is 14.6 Å². The monoisotopic (exact) mass is 248 g/mol. The highest BCUT2D eigenvalue weighted by Gasteiger charge is 2.23. The molecule has 100 valence electrons. The minimum Gasteiger partial charge on any atom is -0.388 e. The van der Waals surface area contributed by atoms with Crippen LogP contribution in [0.1, 0.15) is 48.7 Å². The van der Waals surface area contributed by atoms with E-state index in [-0.39, 0.29) is 6.10 Å². The van der Waals surface area contributed by atoms with Crippen molar-refractivity contribution >= 4 is 0 Å². The molecule has 0 spiro atoms. The second-order valence-electron chi connectivity index (χ2n) is 5.80. The van der Waals surface area contributed by atoms with Crippen molar-refractivity contribution in [2.24, 2.45) is 0 Å². The van der Waals surface area contributed by atoms with Gasteiger partial charge in [0.1, 0.15) is 0 Å². The molecular weight excluding hydrogens is 224 g/mol. The lowest BCUT2D eigenvalue weighted by Crippen LogP contribution is -2.25. The van der Waals surface area contributed by atoms with E-state index >= 15 is 0 Å². The molecule has 1 aromatic rings. The zero-order valence-corrected chi connectivity index (χ0v) is 11.4. The van der Waals surface area contributed by atoms with Crippen LogP contribution in [-0.2, 0) is 13.0 Å². The van der Waals surface area contributed by atoms with E-state index < -0.39 is 0 Å². The van der Waals surface area contributed by atoms with Crippen LogP contribution in [0.5, 0.6) is 0 Å². The first-order valence-corrected chi connectivity index (χ1v) is 7.35. The van der Waals surface area contributed by atoms with E-state index in [0.717, 1.165) is 32.4 Å². The summed E-state index contributed by atoms with van der Waals surface area (Å²) in [4.78, 5) is 2.56. The molecule has 18 heavy (non-hydrogen) atoms. The summed E-state index contributed by atoms with van der Waals surface area (Å²) in [6, 6.07) is 2.20. The molecule has 1 aliphatic carbocycles. The molecule has 2 aliphatic rings. The largest absolute Gasteiger partial charge is 0.388 e. The van der Waals surface area contributed by atoms with Crippen LogP contribution in [0.25, 0.3) is 0 Å². The van der Waals surface area contributed by atoms with Crippen LogP contribution >= 0.6 is 0 Å². The molecule has 3 heteroatoms. The first kappa shape index (κ1) is 12.2. The fraction of sp³-hybridized carbons (Fsp3) is 0.733. The van der Waals surface area contributed by atoms with Crippen LogP contribution in [0.15, 0.2) is 6.07 Å². The number of aryl methyl sites for hydroxylation is 1. The van der Waals surface area contributed by atoms with Crippen molar-refractivity contribution in [3.63, 3.8) is 0 Å². The molecule has 1 aromatic heterocycles. The van der Waals surface area contributed by atoms with E-state index in [1.807, 2.05) is 0 Å². The summed E-state index contributed by atoms with van der Waals surface area (Å²) in [5, 5.41) is 10.1. The molecule has 1 atom stereocenters. The smallest absolute Gasteiger partial charge is 0.0807 e. The second kappa shape index (κ2) is 5.06. The highest BCUT2D eigenvalue weighted by Crippen LogP contribution is 2.32. The first-order valence-electron chi connectivity index (χ1n) is 7.35. The molecule has 1 N–H and O–H groups in total. The molecule has 0 aromatic carbocycles. The maximum Gasteiger partial charge on any atom is 0.0807 e. The number of hydrogen-bond donors (Lipinski definition) is 1. The predicted octanol–water partition coefficient (Wildman–Crippen LogP) is 2.26. The van der Waals surface area contributed by atoms with Crippen LogP contribution in [0.4, 0.5) is 0 Å². The minimum absolute atomic E-state index is 0.222. The Morgan fingerprint density at radius 1 is 1.22 bits per heavy atom. The molecule has 1 saturated heterocycles. The Balaban J connectivity index is 1.74. The maximum atomic E-state index is 10.1. The summed E-state index contributed by atoms with van der Waals surface area (Å²) >= 11 is 0. The number of hydrogen-bond acceptors (Lipinski definition) is 2. The Labute approximate surface area is 109 Å². The zero-order chi connectivity index (χ0) is 12.5. The molecule has 0 radical (unpaired) electrons. The Kier molecular flexibility index (Phi) is 3.44. The summed E-state index contributed by atoms with van der Waals surface area (Å²) in [6.07, 6.45) is 5.70. The van der Waals surface area contributed by atoms with Gasteiger partial charge in [0.05, 0.1) is 6.10 Å². The van der Waals surface area contributed by atoms with Crippen LogP contribution < -0.4 is 0 Å². The topological polar surface area (TPSA) is 28.4 Å². The van der Waals surface area contributed by atoms with E-state index in [1.165, 1.54) is 42.9 Å². The maximum absolute atomic E-state index is 10.1. The number of rotatable bonds is 3. The highest BCUT2D eigenvalue weighted by molar-refractivity contribution is 5.31. The lowest BCUT2D eigenvalue weighted by Gasteiger charge is -2.22. The van der Waals surface area contributed by atoms with Gasteiger partial charge in [0.15, 0.2) is 0 Å². The van der Waals surface area contributed by atoms with Crippen molar-refractivity contribution in [2.75, 3.05) is 19.6 Å². The molecule has 2 heterocycles. The number of aromatic nitrogens is 1. The van der Waals surface area contributed by atoms with Crippen molar-refractivity contribution in [3.8, 4) is 0 Å². The summed E-state index contributed by atoms with van der Waals surface area (Å²) in [6.45, 7) is 6.97. The van der Waals surface area contributed by atoms with Gasteiger partial charge in [0.2, 0.25) is 0 Å². The molecule has 1 unspecified atom stereocenters.